The number of benzene rings is 1. The molecule has 1 atom stereocenters. The summed E-state index contributed by atoms with van der Waals surface area (Å²) in [6.07, 6.45) is 1.83. The second-order valence-corrected chi connectivity index (χ2v) is 6.81. The number of hydrogen-bond donors (Lipinski definition) is 1. The van der Waals surface area contributed by atoms with Crippen molar-refractivity contribution >= 4 is 31.9 Å². The van der Waals surface area contributed by atoms with Gasteiger partial charge < -0.3 is 5.32 Å². The molecule has 2 nitrogen and oxygen atoms in total. The molecule has 0 spiro atoms. The normalized spacial score (nSPS) is 12.5. The van der Waals surface area contributed by atoms with E-state index in [0.717, 1.165) is 14.6 Å². The lowest BCUT2D eigenvalue weighted by Crippen LogP contribution is -2.20. The highest BCUT2D eigenvalue weighted by Gasteiger charge is 2.19. The molecule has 0 aliphatic carbocycles. The van der Waals surface area contributed by atoms with Crippen LogP contribution in [0.25, 0.3) is 0 Å². The van der Waals surface area contributed by atoms with Crippen LogP contribution in [0, 0.1) is 20.8 Å². The van der Waals surface area contributed by atoms with Gasteiger partial charge in [-0.1, -0.05) is 12.1 Å². The Balaban J connectivity index is 2.55. The first-order valence-electron chi connectivity index (χ1n) is 6.50. The molecule has 2 aromatic rings. The Hall–Kier alpha value is -0.710. The van der Waals surface area contributed by atoms with E-state index in [1.165, 1.54) is 22.3 Å². The number of aromatic nitrogens is 1. The van der Waals surface area contributed by atoms with Crippen molar-refractivity contribution in [3.8, 4) is 0 Å². The maximum atomic E-state index is 4.56. The average molecular weight is 398 g/mol. The van der Waals surface area contributed by atoms with Gasteiger partial charge in [-0.25, -0.2) is 0 Å². The lowest BCUT2D eigenvalue weighted by atomic mass is 9.94. The summed E-state index contributed by atoms with van der Waals surface area (Å²) in [6, 6.07) is 6.60. The van der Waals surface area contributed by atoms with Gasteiger partial charge in [0.1, 0.15) is 0 Å². The molecular formula is C16H18Br2N2. The van der Waals surface area contributed by atoms with Crippen molar-refractivity contribution in [2.45, 2.75) is 26.8 Å². The molecule has 1 N–H and O–H groups in total. The molecule has 0 saturated carbocycles. The average Bonchev–Trinajstić information content (AvgIpc) is 2.38. The Morgan fingerprint density at radius 2 is 1.65 bits per heavy atom. The first-order valence-corrected chi connectivity index (χ1v) is 8.08. The van der Waals surface area contributed by atoms with E-state index in [1.807, 2.05) is 19.3 Å². The third-order valence-electron chi connectivity index (χ3n) is 3.59. The van der Waals surface area contributed by atoms with Crippen LogP contribution in [-0.2, 0) is 0 Å². The van der Waals surface area contributed by atoms with Crippen LogP contribution >= 0.6 is 31.9 Å². The first-order chi connectivity index (χ1) is 9.43. The van der Waals surface area contributed by atoms with E-state index in [2.05, 4.69) is 75.1 Å². The van der Waals surface area contributed by atoms with Gasteiger partial charge in [0.25, 0.3) is 0 Å². The predicted octanol–water partition coefficient (Wildman–Crippen LogP) is 4.84. The van der Waals surface area contributed by atoms with Gasteiger partial charge in [0, 0.05) is 15.1 Å². The summed E-state index contributed by atoms with van der Waals surface area (Å²) in [5, 5.41) is 3.37. The minimum absolute atomic E-state index is 0.0803. The molecule has 20 heavy (non-hydrogen) atoms. The molecule has 0 aliphatic heterocycles. The second-order valence-electron chi connectivity index (χ2n) is 5.04. The second kappa shape index (κ2) is 6.37. The molecule has 0 bridgehead atoms. The molecule has 2 rings (SSSR count). The van der Waals surface area contributed by atoms with Gasteiger partial charge in [-0.3, -0.25) is 4.98 Å². The maximum Gasteiger partial charge on any atom is 0.0763 e. The van der Waals surface area contributed by atoms with Gasteiger partial charge in [0.15, 0.2) is 0 Å². The van der Waals surface area contributed by atoms with Crippen LogP contribution in [0.2, 0.25) is 0 Å². The number of halogens is 2. The van der Waals surface area contributed by atoms with Crippen molar-refractivity contribution in [2.75, 3.05) is 7.05 Å². The molecule has 0 amide bonds. The van der Waals surface area contributed by atoms with Gasteiger partial charge in [0.2, 0.25) is 0 Å². The van der Waals surface area contributed by atoms with E-state index in [0.29, 0.717) is 0 Å². The Labute approximate surface area is 137 Å². The summed E-state index contributed by atoms with van der Waals surface area (Å²) in [7, 11) is 1.97. The number of nitrogens with one attached hydrogen (secondary N) is 1. The SMILES string of the molecule is CNC(c1cc(C)c(C)cc1C)c1ncc(Br)cc1Br. The van der Waals surface area contributed by atoms with E-state index >= 15 is 0 Å². The summed E-state index contributed by atoms with van der Waals surface area (Å²) >= 11 is 7.06. The molecule has 0 aliphatic rings. The fourth-order valence-electron chi connectivity index (χ4n) is 2.37. The summed E-state index contributed by atoms with van der Waals surface area (Å²) in [5.74, 6) is 0. The molecule has 0 saturated heterocycles. The molecule has 1 heterocycles. The highest BCUT2D eigenvalue weighted by atomic mass is 79.9. The Bertz CT molecular complexity index is 639. The molecule has 106 valence electrons. The smallest absolute Gasteiger partial charge is 0.0763 e. The zero-order chi connectivity index (χ0) is 14.9. The third kappa shape index (κ3) is 3.13. The standard InChI is InChI=1S/C16H18Br2N2/c1-9-5-11(3)13(6-10(9)2)15(19-4)16-14(18)7-12(17)8-20-16/h5-8,15,19H,1-4H3. The fourth-order valence-corrected chi connectivity index (χ4v) is 3.59. The Morgan fingerprint density at radius 3 is 2.25 bits per heavy atom. The summed E-state index contributed by atoms with van der Waals surface area (Å²) in [4.78, 5) is 4.56. The van der Waals surface area contributed by atoms with Crippen molar-refractivity contribution in [2.24, 2.45) is 0 Å². The van der Waals surface area contributed by atoms with Gasteiger partial charge in [0.05, 0.1) is 11.7 Å². The minimum Gasteiger partial charge on any atom is -0.308 e. The van der Waals surface area contributed by atoms with Crippen molar-refractivity contribution in [3.63, 3.8) is 0 Å². The lowest BCUT2D eigenvalue weighted by molar-refractivity contribution is 0.662. The lowest BCUT2D eigenvalue weighted by Gasteiger charge is -2.21. The Kier molecular flexibility index (Phi) is 4.99. The van der Waals surface area contributed by atoms with Crippen LogP contribution in [0.5, 0.6) is 0 Å². The van der Waals surface area contributed by atoms with E-state index in [4.69, 9.17) is 0 Å². The van der Waals surface area contributed by atoms with Crippen LogP contribution in [0.15, 0.2) is 33.3 Å². The van der Waals surface area contributed by atoms with E-state index in [-0.39, 0.29) is 6.04 Å². The molecular weight excluding hydrogens is 380 g/mol. The molecule has 0 radical (unpaired) electrons. The maximum absolute atomic E-state index is 4.56. The van der Waals surface area contributed by atoms with Crippen LogP contribution in [0.1, 0.15) is 34.0 Å². The number of hydrogen-bond acceptors (Lipinski definition) is 2. The highest BCUT2D eigenvalue weighted by molar-refractivity contribution is 9.11. The van der Waals surface area contributed by atoms with E-state index in [9.17, 15) is 0 Å². The van der Waals surface area contributed by atoms with Crippen molar-refractivity contribution in [1.82, 2.24) is 10.3 Å². The van der Waals surface area contributed by atoms with Crippen molar-refractivity contribution in [1.29, 1.82) is 0 Å². The van der Waals surface area contributed by atoms with Crippen LogP contribution < -0.4 is 5.32 Å². The van der Waals surface area contributed by atoms with Crippen LogP contribution in [-0.4, -0.2) is 12.0 Å². The molecule has 1 aromatic heterocycles. The van der Waals surface area contributed by atoms with Gasteiger partial charge in [-0.05, 0) is 88.0 Å². The zero-order valence-corrected chi connectivity index (χ0v) is 15.3. The summed E-state index contributed by atoms with van der Waals surface area (Å²) in [6.45, 7) is 6.45. The number of pyridine rings is 1. The van der Waals surface area contributed by atoms with Gasteiger partial charge in [-0.15, -0.1) is 0 Å². The summed E-state index contributed by atoms with van der Waals surface area (Å²) < 4.78 is 1.98. The predicted molar refractivity (Wildman–Crippen MR) is 91.2 cm³/mol. The quantitative estimate of drug-likeness (QED) is 0.801. The highest BCUT2D eigenvalue weighted by Crippen LogP contribution is 2.31. The largest absolute Gasteiger partial charge is 0.308 e. The molecule has 0 fully saturated rings. The monoisotopic (exact) mass is 396 g/mol. The first kappa shape index (κ1) is 15.7. The zero-order valence-electron chi connectivity index (χ0n) is 12.1. The minimum atomic E-state index is 0.0803. The Morgan fingerprint density at radius 1 is 1.00 bits per heavy atom. The number of aryl methyl sites for hydroxylation is 3. The van der Waals surface area contributed by atoms with E-state index < -0.39 is 0 Å². The molecule has 1 unspecified atom stereocenters. The van der Waals surface area contributed by atoms with Crippen molar-refractivity contribution in [3.05, 3.63) is 61.3 Å². The molecule has 4 heteroatoms. The number of nitrogens with zero attached hydrogens (tertiary/aromatic N) is 1. The molecule has 1 aromatic carbocycles. The van der Waals surface area contributed by atoms with Crippen LogP contribution in [0.4, 0.5) is 0 Å². The topological polar surface area (TPSA) is 24.9 Å². The van der Waals surface area contributed by atoms with Crippen molar-refractivity contribution < 1.29 is 0 Å². The van der Waals surface area contributed by atoms with E-state index in [1.54, 1.807) is 0 Å². The third-order valence-corrected chi connectivity index (χ3v) is 4.66. The van der Waals surface area contributed by atoms with Gasteiger partial charge in [-0.2, -0.15) is 0 Å². The van der Waals surface area contributed by atoms with Crippen LogP contribution in [0.3, 0.4) is 0 Å². The fraction of sp³-hybridized carbons (Fsp3) is 0.312. The number of rotatable bonds is 3. The summed E-state index contributed by atoms with van der Waals surface area (Å²) in [5.41, 5.74) is 6.18. The van der Waals surface area contributed by atoms with Gasteiger partial charge >= 0.3 is 0 Å².